The molecule has 7 nitrogen and oxygen atoms in total. The van der Waals surface area contributed by atoms with Crippen LogP contribution in [0.1, 0.15) is 26.3 Å². The van der Waals surface area contributed by atoms with Gasteiger partial charge in [-0.3, -0.25) is 9.59 Å². The number of nitrogens with zero attached hydrogens (tertiary/aromatic N) is 1. The van der Waals surface area contributed by atoms with Crippen molar-refractivity contribution in [3.05, 3.63) is 23.8 Å². The number of carbonyl (C=O) groups is 2. The van der Waals surface area contributed by atoms with E-state index in [4.69, 9.17) is 18.9 Å². The van der Waals surface area contributed by atoms with Crippen molar-refractivity contribution in [1.29, 1.82) is 0 Å². The summed E-state index contributed by atoms with van der Waals surface area (Å²) in [5, 5.41) is 0. The van der Waals surface area contributed by atoms with Gasteiger partial charge in [0.2, 0.25) is 0 Å². The highest BCUT2D eigenvalue weighted by molar-refractivity contribution is 5.78. The number of carbonyl (C=O) groups excluding carboxylic acids is 2. The van der Waals surface area contributed by atoms with Gasteiger partial charge in [-0.15, -0.1) is 0 Å². The molecule has 0 aliphatic carbocycles. The molecule has 0 bridgehead atoms. The third-order valence-electron chi connectivity index (χ3n) is 3.74. The molecule has 0 saturated carbocycles. The van der Waals surface area contributed by atoms with Gasteiger partial charge in [0, 0.05) is 13.1 Å². The molecule has 2 rings (SSSR count). The molecule has 0 atom stereocenters. The lowest BCUT2D eigenvalue weighted by molar-refractivity contribution is -0.146. The highest BCUT2D eigenvalue weighted by Crippen LogP contribution is 2.29. The molecule has 1 amide bonds. The van der Waals surface area contributed by atoms with Crippen LogP contribution >= 0.6 is 0 Å². The molecule has 0 N–H and O–H groups in total. The second-order valence-corrected chi connectivity index (χ2v) is 6.21. The molecule has 1 aliphatic heterocycles. The number of esters is 1. The summed E-state index contributed by atoms with van der Waals surface area (Å²) in [5.74, 6) is 0.616. The first-order chi connectivity index (χ1) is 12.5. The molecule has 1 aromatic carbocycles. The fourth-order valence-corrected chi connectivity index (χ4v) is 2.56. The topological polar surface area (TPSA) is 74.3 Å². The fraction of sp³-hybridized carbons (Fsp3) is 0.579. The number of benzene rings is 1. The van der Waals surface area contributed by atoms with Crippen LogP contribution in [0, 0.1) is 0 Å². The Bertz CT molecular complexity index is 610. The smallest absolute Gasteiger partial charge is 0.310 e. The van der Waals surface area contributed by atoms with Gasteiger partial charge in [-0.1, -0.05) is 6.07 Å². The summed E-state index contributed by atoms with van der Waals surface area (Å²) in [7, 11) is 0. The molecule has 1 saturated heterocycles. The summed E-state index contributed by atoms with van der Waals surface area (Å²) in [6.07, 6.45) is 0.00767. The Balaban J connectivity index is 1.98. The molecule has 1 fully saturated rings. The molecule has 0 aromatic heterocycles. The zero-order valence-corrected chi connectivity index (χ0v) is 15.7. The molecular formula is C19H27NO6. The summed E-state index contributed by atoms with van der Waals surface area (Å²) in [6.45, 7) is 8.14. The number of hydrogen-bond donors (Lipinski definition) is 0. The van der Waals surface area contributed by atoms with Gasteiger partial charge in [0.05, 0.1) is 32.3 Å². The molecule has 0 unspecified atom stereocenters. The van der Waals surface area contributed by atoms with E-state index < -0.39 is 0 Å². The van der Waals surface area contributed by atoms with Gasteiger partial charge < -0.3 is 23.8 Å². The van der Waals surface area contributed by atoms with Crippen molar-refractivity contribution in [2.75, 3.05) is 39.5 Å². The minimum absolute atomic E-state index is 0.0607. The second kappa shape index (κ2) is 10.0. The first-order valence-corrected chi connectivity index (χ1v) is 8.93. The van der Waals surface area contributed by atoms with E-state index in [2.05, 4.69) is 0 Å². The van der Waals surface area contributed by atoms with E-state index in [1.54, 1.807) is 23.1 Å². The van der Waals surface area contributed by atoms with Crippen LogP contribution in [-0.2, 0) is 25.5 Å². The van der Waals surface area contributed by atoms with Crippen molar-refractivity contribution in [3.8, 4) is 11.5 Å². The van der Waals surface area contributed by atoms with Gasteiger partial charge in [0.1, 0.15) is 0 Å². The highest BCUT2D eigenvalue weighted by Gasteiger charge is 2.18. The first-order valence-electron chi connectivity index (χ1n) is 8.93. The molecule has 1 aliphatic rings. The van der Waals surface area contributed by atoms with Crippen LogP contribution in [0.15, 0.2) is 18.2 Å². The molecular weight excluding hydrogens is 338 g/mol. The number of amides is 1. The van der Waals surface area contributed by atoms with Crippen LogP contribution in [0.4, 0.5) is 0 Å². The monoisotopic (exact) mass is 365 g/mol. The minimum Gasteiger partial charge on any atom is -0.490 e. The Morgan fingerprint density at radius 3 is 2.54 bits per heavy atom. The second-order valence-electron chi connectivity index (χ2n) is 6.21. The normalized spacial score (nSPS) is 14.2. The quantitative estimate of drug-likeness (QED) is 0.654. The summed E-state index contributed by atoms with van der Waals surface area (Å²) in [4.78, 5) is 25.7. The van der Waals surface area contributed by atoms with Crippen LogP contribution in [0.25, 0.3) is 0 Å². The molecule has 26 heavy (non-hydrogen) atoms. The van der Waals surface area contributed by atoms with Crippen molar-refractivity contribution in [2.45, 2.75) is 33.3 Å². The lowest BCUT2D eigenvalue weighted by atomic mass is 10.1. The number of rotatable bonds is 8. The predicted octanol–water partition coefficient (Wildman–Crippen LogP) is 1.82. The molecule has 1 heterocycles. The molecule has 1 aromatic rings. The Labute approximate surface area is 154 Å². The maximum absolute atomic E-state index is 12.2. The summed E-state index contributed by atoms with van der Waals surface area (Å²) in [6, 6.07) is 5.24. The molecule has 0 spiro atoms. The maximum atomic E-state index is 12.2. The fourth-order valence-electron chi connectivity index (χ4n) is 2.56. The highest BCUT2D eigenvalue weighted by atomic mass is 16.5. The Kier molecular flexibility index (Phi) is 7.72. The Hall–Kier alpha value is -2.28. The zero-order valence-electron chi connectivity index (χ0n) is 15.7. The standard InChI is InChI=1S/C19H27NO6/c1-4-24-17-11-15(12-19(22)26-14(2)3)5-6-16(17)25-13-18(21)20-7-9-23-10-8-20/h5-6,11,14H,4,7-10,12-13H2,1-3H3. The van der Waals surface area contributed by atoms with E-state index in [1.807, 2.05) is 20.8 Å². The van der Waals surface area contributed by atoms with Crippen molar-refractivity contribution in [2.24, 2.45) is 0 Å². The van der Waals surface area contributed by atoms with Crippen LogP contribution in [0.3, 0.4) is 0 Å². The van der Waals surface area contributed by atoms with E-state index in [9.17, 15) is 9.59 Å². The van der Waals surface area contributed by atoms with Crippen molar-refractivity contribution in [1.82, 2.24) is 4.90 Å². The number of ether oxygens (including phenoxy) is 4. The van der Waals surface area contributed by atoms with E-state index >= 15 is 0 Å². The van der Waals surface area contributed by atoms with E-state index in [0.717, 1.165) is 5.56 Å². The molecule has 0 radical (unpaired) electrons. The van der Waals surface area contributed by atoms with Crippen LogP contribution < -0.4 is 9.47 Å². The van der Waals surface area contributed by atoms with Crippen LogP contribution in [-0.4, -0.2) is 62.4 Å². The summed E-state index contributed by atoms with van der Waals surface area (Å²) >= 11 is 0. The number of hydrogen-bond acceptors (Lipinski definition) is 6. The van der Waals surface area contributed by atoms with Gasteiger partial charge >= 0.3 is 5.97 Å². The Morgan fingerprint density at radius 2 is 1.88 bits per heavy atom. The number of morpholine rings is 1. The average Bonchev–Trinajstić information content (AvgIpc) is 2.61. The SMILES string of the molecule is CCOc1cc(CC(=O)OC(C)C)ccc1OCC(=O)N1CCOCC1. The third kappa shape index (κ3) is 6.22. The van der Waals surface area contributed by atoms with Crippen LogP contribution in [0.5, 0.6) is 11.5 Å². The average molecular weight is 365 g/mol. The van der Waals surface area contributed by atoms with E-state index in [0.29, 0.717) is 44.4 Å². The predicted molar refractivity (Wildman–Crippen MR) is 95.4 cm³/mol. The van der Waals surface area contributed by atoms with Crippen LogP contribution in [0.2, 0.25) is 0 Å². The van der Waals surface area contributed by atoms with Gasteiger partial charge in [-0.05, 0) is 38.5 Å². The largest absolute Gasteiger partial charge is 0.490 e. The van der Waals surface area contributed by atoms with Gasteiger partial charge in [0.15, 0.2) is 18.1 Å². The molecule has 7 heteroatoms. The summed E-state index contributed by atoms with van der Waals surface area (Å²) in [5.41, 5.74) is 0.769. The first kappa shape index (κ1) is 20.0. The minimum atomic E-state index is -0.293. The lowest BCUT2D eigenvalue weighted by Gasteiger charge is -2.26. The maximum Gasteiger partial charge on any atom is 0.310 e. The summed E-state index contributed by atoms with van der Waals surface area (Å²) < 4.78 is 21.7. The van der Waals surface area contributed by atoms with E-state index in [-0.39, 0.29) is 31.0 Å². The third-order valence-corrected chi connectivity index (χ3v) is 3.74. The van der Waals surface area contributed by atoms with Crippen molar-refractivity contribution < 1.29 is 28.5 Å². The van der Waals surface area contributed by atoms with E-state index in [1.165, 1.54) is 0 Å². The Morgan fingerprint density at radius 1 is 1.15 bits per heavy atom. The van der Waals surface area contributed by atoms with Crippen molar-refractivity contribution in [3.63, 3.8) is 0 Å². The van der Waals surface area contributed by atoms with Gasteiger partial charge in [0.25, 0.3) is 5.91 Å². The van der Waals surface area contributed by atoms with Gasteiger partial charge in [-0.25, -0.2) is 0 Å². The zero-order chi connectivity index (χ0) is 18.9. The molecule has 144 valence electrons. The van der Waals surface area contributed by atoms with Crippen molar-refractivity contribution >= 4 is 11.9 Å². The van der Waals surface area contributed by atoms with Gasteiger partial charge in [-0.2, -0.15) is 0 Å². The lowest BCUT2D eigenvalue weighted by Crippen LogP contribution is -2.43.